The maximum atomic E-state index is 15.6. The summed E-state index contributed by atoms with van der Waals surface area (Å²) in [6.45, 7) is 7.37. The van der Waals surface area contributed by atoms with E-state index in [9.17, 15) is 4.79 Å². The zero-order valence-electron chi connectivity index (χ0n) is 22.4. The van der Waals surface area contributed by atoms with E-state index in [0.717, 1.165) is 0 Å². The third kappa shape index (κ3) is 4.93. The average molecular weight is 556 g/mol. The van der Waals surface area contributed by atoms with Crippen LogP contribution in [0.2, 0.25) is 0 Å². The van der Waals surface area contributed by atoms with Crippen LogP contribution in [0.4, 0.5) is 21.7 Å². The molecule has 1 saturated heterocycles. The van der Waals surface area contributed by atoms with Gasteiger partial charge in [0.25, 0.3) is 0 Å². The first-order valence-corrected chi connectivity index (χ1v) is 12.8. The minimum Gasteiger partial charge on any atom is -0.493 e. The van der Waals surface area contributed by atoms with Crippen LogP contribution >= 0.6 is 0 Å². The Kier molecular flexibility index (Phi) is 6.75. The van der Waals surface area contributed by atoms with Crippen molar-refractivity contribution in [1.29, 1.82) is 0 Å². The van der Waals surface area contributed by atoms with Crippen LogP contribution in [0.25, 0.3) is 16.7 Å². The lowest BCUT2D eigenvalue weighted by Gasteiger charge is -2.35. The summed E-state index contributed by atoms with van der Waals surface area (Å²) in [7, 11) is 1.57. The Morgan fingerprint density at radius 1 is 1.07 bits per heavy atom. The van der Waals surface area contributed by atoms with Crippen LogP contribution in [0.1, 0.15) is 5.56 Å². The van der Waals surface area contributed by atoms with Crippen molar-refractivity contribution < 1.29 is 18.7 Å². The molecule has 1 aliphatic rings. The first kappa shape index (κ1) is 25.9. The molecular weight excluding hydrogens is 529 g/mol. The number of amides is 1. The molecule has 13 heteroatoms. The van der Waals surface area contributed by atoms with Crippen LogP contribution in [-0.4, -0.2) is 73.6 Å². The molecule has 5 heterocycles. The van der Waals surface area contributed by atoms with Gasteiger partial charge in [0.2, 0.25) is 5.91 Å². The lowest BCUT2D eigenvalue weighted by atomic mass is 10.1. The molecule has 4 aromatic heterocycles. The van der Waals surface area contributed by atoms with E-state index in [1.807, 2.05) is 4.90 Å². The predicted octanol–water partition coefficient (Wildman–Crippen LogP) is 3.89. The van der Waals surface area contributed by atoms with E-state index >= 15 is 4.39 Å². The number of rotatable bonds is 7. The SMILES string of the molecule is C=CC(=O)N1CCN(c2nc3c(Nc4ccc(Oc5ccn6ncnc6c5)c(C)c4F)ncnc3cc2OC)CC1. The Morgan fingerprint density at radius 2 is 1.90 bits per heavy atom. The van der Waals surface area contributed by atoms with Crippen molar-refractivity contribution in [2.75, 3.05) is 43.5 Å². The number of benzene rings is 1. The summed E-state index contributed by atoms with van der Waals surface area (Å²) in [4.78, 5) is 33.5. The first-order chi connectivity index (χ1) is 19.9. The van der Waals surface area contributed by atoms with Gasteiger partial charge in [0.05, 0.1) is 18.3 Å². The number of methoxy groups -OCH3 is 1. The van der Waals surface area contributed by atoms with Crippen LogP contribution in [0.15, 0.2) is 61.8 Å². The molecule has 1 aromatic carbocycles. The fourth-order valence-electron chi connectivity index (χ4n) is 4.68. The molecule has 6 rings (SSSR count). The highest BCUT2D eigenvalue weighted by atomic mass is 19.1. The summed E-state index contributed by atoms with van der Waals surface area (Å²) in [5.74, 6) is 1.75. The van der Waals surface area contributed by atoms with Crippen molar-refractivity contribution in [2.24, 2.45) is 0 Å². The van der Waals surface area contributed by atoms with Crippen LogP contribution in [0, 0.1) is 12.7 Å². The zero-order chi connectivity index (χ0) is 28.5. The largest absolute Gasteiger partial charge is 0.493 e. The number of halogens is 1. The second-order valence-corrected chi connectivity index (χ2v) is 9.32. The number of piperazine rings is 1. The lowest BCUT2D eigenvalue weighted by Crippen LogP contribution is -2.48. The summed E-state index contributed by atoms with van der Waals surface area (Å²) in [6, 6.07) is 8.49. The Labute approximate surface area is 234 Å². The number of fused-ring (bicyclic) bond motifs is 2. The monoisotopic (exact) mass is 555 g/mol. The van der Waals surface area contributed by atoms with Crippen molar-refractivity contribution in [3.8, 4) is 17.2 Å². The standard InChI is InChI=1S/C28H26FN9O3/c1-4-24(39)36-9-11-37(12-10-36)28-22(40-3)14-20-26(35-28)27(32-15-30-20)34-19-5-6-21(17(2)25(19)29)41-18-7-8-38-23(13-18)31-16-33-38/h4-8,13-16H,1,9-12H2,2-3H3,(H,30,32,34). The number of nitrogens with one attached hydrogen (secondary N) is 1. The molecule has 1 aliphatic heterocycles. The molecular formula is C28H26FN9O3. The third-order valence-corrected chi connectivity index (χ3v) is 6.91. The Balaban J connectivity index is 1.28. The van der Waals surface area contributed by atoms with Crippen molar-refractivity contribution in [2.45, 2.75) is 6.92 Å². The summed E-state index contributed by atoms with van der Waals surface area (Å²) in [5, 5.41) is 7.14. The minimum atomic E-state index is -0.491. The highest BCUT2D eigenvalue weighted by molar-refractivity contribution is 5.90. The third-order valence-electron chi connectivity index (χ3n) is 6.91. The smallest absolute Gasteiger partial charge is 0.246 e. The van der Waals surface area contributed by atoms with Crippen molar-refractivity contribution in [3.05, 3.63) is 73.2 Å². The zero-order valence-corrected chi connectivity index (χ0v) is 22.4. The maximum absolute atomic E-state index is 15.6. The first-order valence-electron chi connectivity index (χ1n) is 12.8. The fraction of sp³-hybridized carbons (Fsp3) is 0.214. The van der Waals surface area contributed by atoms with E-state index < -0.39 is 5.82 Å². The van der Waals surface area contributed by atoms with E-state index in [-0.39, 0.29) is 11.6 Å². The number of pyridine rings is 2. The van der Waals surface area contributed by atoms with Gasteiger partial charge in [0, 0.05) is 50.1 Å². The van der Waals surface area contributed by atoms with Gasteiger partial charge in [-0.3, -0.25) is 4.79 Å². The van der Waals surface area contributed by atoms with E-state index in [0.29, 0.717) is 77.3 Å². The van der Waals surface area contributed by atoms with Gasteiger partial charge in [-0.2, -0.15) is 5.10 Å². The van der Waals surface area contributed by atoms with Crippen LogP contribution in [0.3, 0.4) is 0 Å². The number of aromatic nitrogens is 6. The number of anilines is 3. The van der Waals surface area contributed by atoms with Gasteiger partial charge in [0.1, 0.15) is 29.7 Å². The number of hydrogen-bond donors (Lipinski definition) is 1. The molecule has 208 valence electrons. The van der Waals surface area contributed by atoms with Gasteiger partial charge in [-0.05, 0) is 31.2 Å². The Bertz CT molecular complexity index is 1780. The van der Waals surface area contributed by atoms with E-state index in [4.69, 9.17) is 14.5 Å². The molecule has 1 fully saturated rings. The topological polar surface area (TPSA) is 123 Å². The molecule has 0 atom stereocenters. The van der Waals surface area contributed by atoms with Crippen LogP contribution in [-0.2, 0) is 4.79 Å². The van der Waals surface area contributed by atoms with E-state index in [1.165, 1.54) is 18.7 Å². The molecule has 41 heavy (non-hydrogen) atoms. The molecule has 0 bridgehead atoms. The fourth-order valence-corrected chi connectivity index (χ4v) is 4.68. The second kappa shape index (κ2) is 10.7. The van der Waals surface area contributed by atoms with Crippen molar-refractivity contribution in [3.63, 3.8) is 0 Å². The number of hydrogen-bond acceptors (Lipinski definition) is 10. The molecule has 5 aromatic rings. The van der Waals surface area contributed by atoms with Crippen LogP contribution in [0.5, 0.6) is 17.2 Å². The highest BCUT2D eigenvalue weighted by Gasteiger charge is 2.24. The molecule has 0 unspecified atom stereocenters. The van der Waals surface area contributed by atoms with Crippen LogP contribution < -0.4 is 19.7 Å². The van der Waals surface area contributed by atoms with Crippen molar-refractivity contribution in [1.82, 2.24) is 34.4 Å². The molecule has 0 aliphatic carbocycles. The average Bonchev–Trinajstić information content (AvgIpc) is 3.48. The quantitative estimate of drug-likeness (QED) is 0.296. The molecule has 1 N–H and O–H groups in total. The molecule has 0 spiro atoms. The van der Waals surface area contributed by atoms with Gasteiger partial charge in [-0.1, -0.05) is 6.58 Å². The Hall–Kier alpha value is -5.33. The van der Waals surface area contributed by atoms with Gasteiger partial charge in [-0.15, -0.1) is 0 Å². The van der Waals surface area contributed by atoms with Gasteiger partial charge < -0.3 is 24.6 Å². The molecule has 0 saturated carbocycles. The number of ether oxygens (including phenoxy) is 2. The molecule has 0 radical (unpaired) electrons. The summed E-state index contributed by atoms with van der Waals surface area (Å²) in [6.07, 6.45) is 5.86. The summed E-state index contributed by atoms with van der Waals surface area (Å²) < 4.78 is 28.7. The number of carbonyl (C=O) groups is 1. The van der Waals surface area contributed by atoms with Gasteiger partial charge >= 0.3 is 0 Å². The normalized spacial score (nSPS) is 13.4. The molecule has 12 nitrogen and oxygen atoms in total. The Morgan fingerprint density at radius 3 is 2.68 bits per heavy atom. The van der Waals surface area contributed by atoms with Gasteiger partial charge in [-0.25, -0.2) is 28.8 Å². The van der Waals surface area contributed by atoms with E-state index in [1.54, 1.807) is 60.0 Å². The number of carbonyl (C=O) groups excluding carboxylic acids is 1. The predicted molar refractivity (Wildman–Crippen MR) is 150 cm³/mol. The van der Waals surface area contributed by atoms with E-state index in [2.05, 4.69) is 31.9 Å². The number of nitrogens with zero attached hydrogens (tertiary/aromatic N) is 8. The highest BCUT2D eigenvalue weighted by Crippen LogP contribution is 2.35. The second-order valence-electron chi connectivity index (χ2n) is 9.32. The summed E-state index contributed by atoms with van der Waals surface area (Å²) >= 11 is 0. The summed E-state index contributed by atoms with van der Waals surface area (Å²) in [5.41, 5.74) is 2.12. The molecule has 1 amide bonds. The van der Waals surface area contributed by atoms with Crippen molar-refractivity contribution >= 4 is 39.9 Å². The lowest BCUT2D eigenvalue weighted by molar-refractivity contribution is -0.126. The minimum absolute atomic E-state index is 0.104. The maximum Gasteiger partial charge on any atom is 0.246 e. The van der Waals surface area contributed by atoms with Gasteiger partial charge in [0.15, 0.2) is 28.8 Å².